The Balaban J connectivity index is 0.000000349. The van der Waals surface area contributed by atoms with Gasteiger partial charge in [0.2, 0.25) is 0 Å². The molecule has 0 amide bonds. The molecule has 23 heavy (non-hydrogen) atoms. The van der Waals surface area contributed by atoms with E-state index in [9.17, 15) is 13.9 Å². The van der Waals surface area contributed by atoms with Crippen LogP contribution >= 0.6 is 0 Å². The van der Waals surface area contributed by atoms with Gasteiger partial charge in [0.15, 0.2) is 0 Å². The average molecular weight is 337 g/mol. The summed E-state index contributed by atoms with van der Waals surface area (Å²) in [5.74, 6) is -1.31. The summed E-state index contributed by atoms with van der Waals surface area (Å²) in [7, 11) is 3.89. The van der Waals surface area contributed by atoms with Crippen molar-refractivity contribution < 1.29 is 13.9 Å². The first-order valence-electron chi connectivity index (χ1n) is 9.21. The molecule has 3 rings (SSSR count). The number of nitrogens with zero attached hydrogens (tertiary/aromatic N) is 2. The zero-order valence-electron chi connectivity index (χ0n) is 16.1. The molecule has 0 aromatic heterocycles. The third kappa shape index (κ3) is 7.02. The second-order valence-corrected chi connectivity index (χ2v) is 6.73. The van der Waals surface area contributed by atoms with Gasteiger partial charge in [-0.1, -0.05) is 34.6 Å². The normalized spacial score (nSPS) is 35.2. The topological polar surface area (TPSA) is 26.7 Å². The fraction of sp³-hybridized carbons (Fsp3) is 1.00. The first-order chi connectivity index (χ1) is 10.8. The number of alkyl halides is 2. The number of rotatable bonds is 0. The second kappa shape index (κ2) is 10.6. The first-order valence-corrected chi connectivity index (χ1v) is 9.21. The van der Waals surface area contributed by atoms with Gasteiger partial charge in [-0.05, 0) is 38.8 Å². The van der Waals surface area contributed by atoms with E-state index < -0.39 is 11.8 Å². The van der Waals surface area contributed by atoms with Gasteiger partial charge >= 0.3 is 0 Å². The maximum absolute atomic E-state index is 12.5. The molecule has 3 nitrogen and oxygen atoms in total. The van der Waals surface area contributed by atoms with Crippen LogP contribution in [0.3, 0.4) is 0 Å². The van der Waals surface area contributed by atoms with E-state index in [1.54, 1.807) is 18.9 Å². The number of hydrogen-bond donors (Lipinski definition) is 1. The summed E-state index contributed by atoms with van der Waals surface area (Å²) in [5, 5.41) is 9.30. The second-order valence-electron chi connectivity index (χ2n) is 6.73. The van der Waals surface area contributed by atoms with E-state index in [4.69, 9.17) is 0 Å². The minimum Gasteiger partial charge on any atom is -0.393 e. The van der Waals surface area contributed by atoms with Crippen molar-refractivity contribution in [2.45, 2.75) is 59.5 Å². The van der Waals surface area contributed by atoms with Crippen LogP contribution in [-0.2, 0) is 0 Å². The Morgan fingerprint density at radius 3 is 1.57 bits per heavy atom. The lowest BCUT2D eigenvalue weighted by Gasteiger charge is -2.11. The number of aliphatic hydroxyl groups is 1. The summed E-state index contributed by atoms with van der Waals surface area (Å²) in [6, 6.07) is 0. The summed E-state index contributed by atoms with van der Waals surface area (Å²) in [6.07, 6.45) is 2.12. The standard InChI is InChI=1S/C8H15NO.C6H11F2N.2C2H6/c1-9-4-6-2-8(10)3-7(6)5-9;1-5-3-9(2)4-6(5,7)8;2*1-2/h6-8,10H,2-5H2,1H3;5H,3-4H2,1-2H3;2*1-2H3. The van der Waals surface area contributed by atoms with Crippen molar-refractivity contribution in [1.29, 1.82) is 0 Å². The van der Waals surface area contributed by atoms with Gasteiger partial charge in [0.05, 0.1) is 12.6 Å². The van der Waals surface area contributed by atoms with E-state index in [-0.39, 0.29) is 12.6 Å². The molecule has 2 heterocycles. The summed E-state index contributed by atoms with van der Waals surface area (Å²) < 4.78 is 25.1. The molecule has 2 saturated heterocycles. The molecule has 0 spiro atoms. The molecular formula is C18H38F2N2O. The lowest BCUT2D eigenvalue weighted by Crippen LogP contribution is -2.25. The van der Waals surface area contributed by atoms with Gasteiger partial charge in [-0.15, -0.1) is 0 Å². The number of fused-ring (bicyclic) bond motifs is 1. The summed E-state index contributed by atoms with van der Waals surface area (Å²) in [4.78, 5) is 4.03. The molecule has 0 aromatic rings. The van der Waals surface area contributed by atoms with Crippen LogP contribution in [0.2, 0.25) is 0 Å². The highest BCUT2D eigenvalue weighted by Gasteiger charge is 2.43. The number of aliphatic hydroxyl groups excluding tert-OH is 1. The largest absolute Gasteiger partial charge is 0.393 e. The van der Waals surface area contributed by atoms with E-state index in [0.29, 0.717) is 6.54 Å². The molecule has 3 unspecified atom stereocenters. The Morgan fingerprint density at radius 1 is 0.870 bits per heavy atom. The van der Waals surface area contributed by atoms with Crippen molar-refractivity contribution in [1.82, 2.24) is 9.80 Å². The molecule has 0 bridgehead atoms. The quantitative estimate of drug-likeness (QED) is 0.732. The molecule has 0 aromatic carbocycles. The molecule has 1 aliphatic carbocycles. The predicted octanol–water partition coefficient (Wildman–Crippen LogP) is 3.57. The van der Waals surface area contributed by atoms with E-state index in [2.05, 4.69) is 11.9 Å². The lowest BCUT2D eigenvalue weighted by molar-refractivity contribution is -0.0197. The fourth-order valence-corrected chi connectivity index (χ4v) is 3.68. The summed E-state index contributed by atoms with van der Waals surface area (Å²) in [5.41, 5.74) is 0. The Morgan fingerprint density at radius 2 is 1.30 bits per heavy atom. The third-order valence-corrected chi connectivity index (χ3v) is 4.70. The fourth-order valence-electron chi connectivity index (χ4n) is 3.68. The van der Waals surface area contributed by atoms with Gasteiger partial charge in [-0.25, -0.2) is 8.78 Å². The summed E-state index contributed by atoms with van der Waals surface area (Å²) in [6.45, 7) is 12.5. The maximum atomic E-state index is 12.5. The Bertz CT molecular complexity index is 287. The smallest absolute Gasteiger partial charge is 0.264 e. The molecule has 3 atom stereocenters. The van der Waals surface area contributed by atoms with Crippen LogP contribution < -0.4 is 0 Å². The Hall–Kier alpha value is -0.260. The van der Waals surface area contributed by atoms with Crippen LogP contribution in [-0.4, -0.2) is 67.2 Å². The van der Waals surface area contributed by atoms with Gasteiger partial charge in [0, 0.05) is 25.6 Å². The highest BCUT2D eigenvalue weighted by molar-refractivity contribution is 4.91. The van der Waals surface area contributed by atoms with Gasteiger partial charge in [0.25, 0.3) is 5.92 Å². The molecule has 5 heteroatoms. The van der Waals surface area contributed by atoms with Crippen molar-refractivity contribution in [3.05, 3.63) is 0 Å². The molecule has 1 saturated carbocycles. The van der Waals surface area contributed by atoms with Crippen molar-refractivity contribution in [2.75, 3.05) is 40.3 Å². The molecular weight excluding hydrogens is 298 g/mol. The van der Waals surface area contributed by atoms with Crippen molar-refractivity contribution in [2.24, 2.45) is 17.8 Å². The van der Waals surface area contributed by atoms with Crippen molar-refractivity contribution in [3.8, 4) is 0 Å². The molecule has 3 aliphatic rings. The molecule has 3 fully saturated rings. The molecule has 1 N–H and O–H groups in total. The van der Waals surface area contributed by atoms with Crippen LogP contribution in [0.25, 0.3) is 0 Å². The Kier molecular flexibility index (Phi) is 10.5. The number of hydrogen-bond acceptors (Lipinski definition) is 3. The predicted molar refractivity (Wildman–Crippen MR) is 94.0 cm³/mol. The summed E-state index contributed by atoms with van der Waals surface area (Å²) >= 11 is 0. The van der Waals surface area contributed by atoms with Crippen LogP contribution in [0.1, 0.15) is 47.5 Å². The van der Waals surface area contributed by atoms with E-state index >= 15 is 0 Å². The van der Waals surface area contributed by atoms with Crippen LogP contribution in [0.5, 0.6) is 0 Å². The van der Waals surface area contributed by atoms with E-state index in [0.717, 1.165) is 24.7 Å². The van der Waals surface area contributed by atoms with Gasteiger partial charge in [-0.2, -0.15) is 0 Å². The van der Waals surface area contributed by atoms with Crippen LogP contribution in [0, 0.1) is 17.8 Å². The first kappa shape index (κ1) is 22.7. The van der Waals surface area contributed by atoms with Gasteiger partial charge in [-0.3, -0.25) is 0 Å². The highest BCUT2D eigenvalue weighted by Crippen LogP contribution is 2.37. The van der Waals surface area contributed by atoms with Gasteiger partial charge < -0.3 is 14.9 Å². The minimum atomic E-state index is -2.45. The minimum absolute atomic E-state index is 0.0173. The monoisotopic (exact) mass is 336 g/mol. The van der Waals surface area contributed by atoms with Crippen LogP contribution in [0.4, 0.5) is 8.78 Å². The number of halogens is 2. The Labute approximate surface area is 142 Å². The maximum Gasteiger partial charge on any atom is 0.264 e. The molecule has 0 radical (unpaired) electrons. The van der Waals surface area contributed by atoms with E-state index in [1.807, 2.05) is 27.7 Å². The van der Waals surface area contributed by atoms with Crippen LogP contribution in [0.15, 0.2) is 0 Å². The average Bonchev–Trinajstić information content (AvgIpc) is 3.05. The van der Waals surface area contributed by atoms with Crippen molar-refractivity contribution in [3.63, 3.8) is 0 Å². The number of likely N-dealkylation sites (tertiary alicyclic amines) is 2. The van der Waals surface area contributed by atoms with E-state index in [1.165, 1.54) is 13.1 Å². The molecule has 140 valence electrons. The zero-order valence-corrected chi connectivity index (χ0v) is 16.1. The lowest BCUT2D eigenvalue weighted by atomic mass is 10.0. The zero-order chi connectivity index (χ0) is 18.2. The SMILES string of the molecule is CC.CC.CC1CN(C)CC1(F)F.CN1CC2CC(O)CC2C1. The highest BCUT2D eigenvalue weighted by atomic mass is 19.3. The van der Waals surface area contributed by atoms with Crippen molar-refractivity contribution >= 4 is 0 Å². The molecule has 2 aliphatic heterocycles. The third-order valence-electron chi connectivity index (χ3n) is 4.70. The van der Waals surface area contributed by atoms with Gasteiger partial charge in [0.1, 0.15) is 0 Å².